The molecule has 1 N–H and O–H groups in total. The molecule has 0 unspecified atom stereocenters. The molecule has 5 heteroatoms. The van der Waals surface area contributed by atoms with Gasteiger partial charge in [-0.05, 0) is 28.1 Å². The van der Waals surface area contributed by atoms with Crippen molar-refractivity contribution in [3.8, 4) is 0 Å². The van der Waals surface area contributed by atoms with Crippen LogP contribution in [0.5, 0.6) is 0 Å². The van der Waals surface area contributed by atoms with Gasteiger partial charge in [-0.15, -0.1) is 0 Å². The third kappa shape index (κ3) is 2.45. The minimum atomic E-state index is -0.0374. The predicted molar refractivity (Wildman–Crippen MR) is 59.5 cm³/mol. The van der Waals surface area contributed by atoms with Crippen molar-refractivity contribution in [1.82, 2.24) is 9.88 Å². The number of anilines is 1. The summed E-state index contributed by atoms with van der Waals surface area (Å²) in [5.41, 5.74) is 0.612. The van der Waals surface area contributed by atoms with E-state index >= 15 is 0 Å². The summed E-state index contributed by atoms with van der Waals surface area (Å²) in [4.78, 5) is 17.3. The molecule has 1 heterocycles. The van der Waals surface area contributed by atoms with Crippen molar-refractivity contribution in [2.24, 2.45) is 0 Å². The van der Waals surface area contributed by atoms with Gasteiger partial charge in [0, 0.05) is 26.7 Å². The van der Waals surface area contributed by atoms with E-state index in [0.29, 0.717) is 16.0 Å². The van der Waals surface area contributed by atoms with Crippen molar-refractivity contribution >= 4 is 27.7 Å². The van der Waals surface area contributed by atoms with Crippen LogP contribution in [-0.2, 0) is 0 Å². The highest BCUT2D eigenvalue weighted by atomic mass is 79.9. The second kappa shape index (κ2) is 4.41. The number of hydrogen-bond acceptors (Lipinski definition) is 3. The number of amides is 1. The van der Waals surface area contributed by atoms with E-state index in [1.165, 1.54) is 4.90 Å². The molecule has 1 amide bonds. The maximum atomic E-state index is 11.6. The molecule has 4 nitrogen and oxygen atoms in total. The van der Waals surface area contributed by atoms with Gasteiger partial charge in [-0.2, -0.15) is 0 Å². The fourth-order valence-corrected chi connectivity index (χ4v) is 1.44. The number of carbonyl (C=O) groups is 1. The molecule has 0 saturated heterocycles. The van der Waals surface area contributed by atoms with Crippen LogP contribution in [0.15, 0.2) is 16.7 Å². The van der Waals surface area contributed by atoms with Gasteiger partial charge in [-0.25, -0.2) is 4.98 Å². The van der Waals surface area contributed by atoms with Crippen LogP contribution in [-0.4, -0.2) is 36.9 Å². The van der Waals surface area contributed by atoms with Gasteiger partial charge in [0.15, 0.2) is 0 Å². The first-order chi connectivity index (χ1) is 6.54. The third-order valence-corrected chi connectivity index (χ3v) is 2.11. The number of rotatable bonds is 2. The van der Waals surface area contributed by atoms with Crippen molar-refractivity contribution in [2.45, 2.75) is 0 Å². The number of hydrogen-bond donors (Lipinski definition) is 1. The topological polar surface area (TPSA) is 45.2 Å². The molecule has 0 aromatic carbocycles. The van der Waals surface area contributed by atoms with Crippen LogP contribution in [0.2, 0.25) is 0 Å². The van der Waals surface area contributed by atoms with Crippen molar-refractivity contribution in [1.29, 1.82) is 0 Å². The summed E-state index contributed by atoms with van der Waals surface area (Å²) in [6, 6.07) is 3.41. The quantitative estimate of drug-likeness (QED) is 0.819. The summed E-state index contributed by atoms with van der Waals surface area (Å²) >= 11 is 3.25. The summed E-state index contributed by atoms with van der Waals surface area (Å²) in [6.07, 6.45) is 0. The number of pyridine rings is 1. The van der Waals surface area contributed by atoms with Gasteiger partial charge in [0.05, 0.1) is 0 Å². The number of nitrogens with one attached hydrogen (secondary N) is 1. The van der Waals surface area contributed by atoms with Crippen LogP contribution in [0, 0.1) is 0 Å². The second-order valence-electron chi connectivity index (χ2n) is 3.01. The standard InChI is InChI=1S/C9H12BrN3O/c1-11-8-5-6(4-7(10)12-8)9(14)13(2)3/h4-5H,1-3H3,(H,11,12). The second-order valence-corrected chi connectivity index (χ2v) is 3.83. The molecule has 1 rings (SSSR count). The molecule has 0 bridgehead atoms. The van der Waals surface area contributed by atoms with Gasteiger partial charge in [0.25, 0.3) is 5.91 Å². The van der Waals surface area contributed by atoms with E-state index in [-0.39, 0.29) is 5.91 Å². The van der Waals surface area contributed by atoms with E-state index in [0.717, 1.165) is 0 Å². The first-order valence-corrected chi connectivity index (χ1v) is 4.91. The van der Waals surface area contributed by atoms with E-state index in [9.17, 15) is 4.79 Å². The fourth-order valence-electron chi connectivity index (χ4n) is 1.01. The maximum Gasteiger partial charge on any atom is 0.253 e. The highest BCUT2D eigenvalue weighted by Gasteiger charge is 2.10. The average Bonchev–Trinajstić information content (AvgIpc) is 2.15. The summed E-state index contributed by atoms with van der Waals surface area (Å²) in [5, 5.41) is 2.89. The van der Waals surface area contributed by atoms with Crippen molar-refractivity contribution in [3.63, 3.8) is 0 Å². The van der Waals surface area contributed by atoms with Crippen molar-refractivity contribution in [2.75, 3.05) is 26.5 Å². The molecule has 0 radical (unpaired) electrons. The lowest BCUT2D eigenvalue weighted by atomic mass is 10.2. The summed E-state index contributed by atoms with van der Waals surface area (Å²) < 4.78 is 0.648. The Morgan fingerprint density at radius 1 is 1.50 bits per heavy atom. The van der Waals surface area contributed by atoms with Crippen LogP contribution < -0.4 is 5.32 Å². The lowest BCUT2D eigenvalue weighted by molar-refractivity contribution is 0.0827. The maximum absolute atomic E-state index is 11.6. The molecule has 0 aliphatic heterocycles. The largest absolute Gasteiger partial charge is 0.373 e. The zero-order valence-corrected chi connectivity index (χ0v) is 9.92. The fraction of sp³-hybridized carbons (Fsp3) is 0.333. The van der Waals surface area contributed by atoms with Gasteiger partial charge < -0.3 is 10.2 Å². The normalized spacial score (nSPS) is 9.71. The molecule has 1 aromatic rings. The predicted octanol–water partition coefficient (Wildman–Crippen LogP) is 1.59. The molecule has 0 aliphatic carbocycles. The molecular formula is C9H12BrN3O. The van der Waals surface area contributed by atoms with Crippen LogP contribution in [0.25, 0.3) is 0 Å². The van der Waals surface area contributed by atoms with E-state index < -0.39 is 0 Å². The molecule has 0 fully saturated rings. The molecule has 0 aliphatic rings. The monoisotopic (exact) mass is 257 g/mol. The Morgan fingerprint density at radius 3 is 2.64 bits per heavy atom. The first kappa shape index (κ1) is 11.0. The van der Waals surface area contributed by atoms with Crippen LogP contribution in [0.1, 0.15) is 10.4 Å². The lowest BCUT2D eigenvalue weighted by Crippen LogP contribution is -2.21. The summed E-state index contributed by atoms with van der Waals surface area (Å²) in [7, 11) is 5.20. The van der Waals surface area contributed by atoms with Gasteiger partial charge >= 0.3 is 0 Å². The Hall–Kier alpha value is -1.10. The zero-order chi connectivity index (χ0) is 10.7. The molecule has 0 spiro atoms. The minimum absolute atomic E-state index is 0.0374. The van der Waals surface area contributed by atoms with Crippen LogP contribution >= 0.6 is 15.9 Å². The highest BCUT2D eigenvalue weighted by Crippen LogP contribution is 2.15. The van der Waals surface area contributed by atoms with E-state index in [4.69, 9.17) is 0 Å². The summed E-state index contributed by atoms with van der Waals surface area (Å²) in [5.74, 6) is 0.633. The van der Waals surface area contributed by atoms with Gasteiger partial charge in [-0.3, -0.25) is 4.79 Å². The third-order valence-electron chi connectivity index (χ3n) is 1.70. The number of aromatic nitrogens is 1. The lowest BCUT2D eigenvalue weighted by Gasteiger charge is -2.11. The molecule has 0 saturated carbocycles. The number of halogens is 1. The molecule has 0 atom stereocenters. The first-order valence-electron chi connectivity index (χ1n) is 4.11. The van der Waals surface area contributed by atoms with Crippen LogP contribution in [0.3, 0.4) is 0 Å². The molecule has 14 heavy (non-hydrogen) atoms. The highest BCUT2D eigenvalue weighted by molar-refractivity contribution is 9.10. The Bertz CT molecular complexity index is 352. The van der Waals surface area contributed by atoms with Crippen molar-refractivity contribution < 1.29 is 4.79 Å². The van der Waals surface area contributed by atoms with Gasteiger partial charge in [0.2, 0.25) is 0 Å². The Morgan fingerprint density at radius 2 is 2.14 bits per heavy atom. The SMILES string of the molecule is CNc1cc(C(=O)N(C)C)cc(Br)n1. The summed E-state index contributed by atoms with van der Waals surface area (Å²) in [6.45, 7) is 0. The molecular weight excluding hydrogens is 246 g/mol. The smallest absolute Gasteiger partial charge is 0.253 e. The van der Waals surface area contributed by atoms with Gasteiger partial charge in [0.1, 0.15) is 10.4 Å². The Labute approximate surface area is 91.4 Å². The molecule has 1 aromatic heterocycles. The zero-order valence-electron chi connectivity index (χ0n) is 8.34. The Kier molecular flexibility index (Phi) is 3.46. The molecule has 76 valence electrons. The van der Waals surface area contributed by atoms with Crippen LogP contribution in [0.4, 0.5) is 5.82 Å². The van der Waals surface area contributed by atoms with E-state index in [2.05, 4.69) is 26.2 Å². The average molecular weight is 258 g/mol. The minimum Gasteiger partial charge on any atom is -0.373 e. The Balaban J connectivity index is 3.09. The number of carbonyl (C=O) groups excluding carboxylic acids is 1. The van der Waals surface area contributed by atoms with E-state index in [1.807, 2.05) is 0 Å². The van der Waals surface area contributed by atoms with E-state index in [1.54, 1.807) is 33.3 Å². The van der Waals surface area contributed by atoms with Gasteiger partial charge in [-0.1, -0.05) is 0 Å². The number of nitrogens with zero attached hydrogens (tertiary/aromatic N) is 2. The van der Waals surface area contributed by atoms with Crippen molar-refractivity contribution in [3.05, 3.63) is 22.3 Å².